The molecule has 0 aromatic heterocycles. The number of amidine groups is 1. The van der Waals surface area contributed by atoms with Crippen LogP contribution in [0.25, 0.3) is 0 Å². The van der Waals surface area contributed by atoms with Crippen molar-refractivity contribution in [1.82, 2.24) is 4.90 Å². The van der Waals surface area contributed by atoms with Crippen LogP contribution in [-0.4, -0.2) is 34.1 Å². The van der Waals surface area contributed by atoms with Gasteiger partial charge in [0.15, 0.2) is 0 Å². The molecule has 3 rings (SSSR count). The predicted molar refractivity (Wildman–Crippen MR) is 83.6 cm³/mol. The first-order valence-electron chi connectivity index (χ1n) is 7.61. The van der Waals surface area contributed by atoms with Crippen LogP contribution in [0, 0.1) is 22.8 Å². The SMILES string of the molecule is CC1(C)Oc2ccc(C#N)cc2C(N2CCCC2=NC#N)C1O. The molecule has 0 aliphatic carbocycles. The highest BCUT2D eigenvalue weighted by atomic mass is 16.5. The molecule has 2 heterocycles. The van der Waals surface area contributed by atoms with E-state index in [2.05, 4.69) is 11.1 Å². The molecule has 2 aliphatic rings. The summed E-state index contributed by atoms with van der Waals surface area (Å²) >= 11 is 0. The Bertz CT molecular complexity index is 742. The second kappa shape index (κ2) is 5.57. The highest BCUT2D eigenvalue weighted by Gasteiger charge is 2.47. The number of likely N-dealkylation sites (tertiary alicyclic amines) is 1. The van der Waals surface area contributed by atoms with Gasteiger partial charge in [0.05, 0.1) is 17.7 Å². The standard InChI is InChI=1S/C17H18N4O2/c1-17(2)16(22)15(21-7-3-4-14(21)20-10-19)12-8-11(9-18)5-6-13(12)23-17/h5-6,8,15-16,22H,3-4,7H2,1-2H3. The smallest absolute Gasteiger partial charge is 0.207 e. The summed E-state index contributed by atoms with van der Waals surface area (Å²) in [5.74, 6) is 1.34. The predicted octanol–water partition coefficient (Wildman–Crippen LogP) is 2.11. The Morgan fingerprint density at radius 1 is 1.39 bits per heavy atom. The van der Waals surface area contributed by atoms with Gasteiger partial charge in [0.2, 0.25) is 6.19 Å². The molecule has 6 heteroatoms. The molecule has 0 saturated carbocycles. The number of aliphatic hydroxyl groups is 1. The maximum atomic E-state index is 10.9. The summed E-state index contributed by atoms with van der Waals surface area (Å²) in [4.78, 5) is 5.88. The molecule has 2 aliphatic heterocycles. The Morgan fingerprint density at radius 2 is 2.17 bits per heavy atom. The van der Waals surface area contributed by atoms with Gasteiger partial charge in [0.1, 0.15) is 23.3 Å². The van der Waals surface area contributed by atoms with E-state index >= 15 is 0 Å². The van der Waals surface area contributed by atoms with Gasteiger partial charge in [-0.1, -0.05) is 0 Å². The van der Waals surface area contributed by atoms with Crippen molar-refractivity contribution in [2.24, 2.45) is 4.99 Å². The van der Waals surface area contributed by atoms with Gasteiger partial charge < -0.3 is 14.7 Å². The van der Waals surface area contributed by atoms with Gasteiger partial charge in [-0.3, -0.25) is 0 Å². The van der Waals surface area contributed by atoms with E-state index in [0.717, 1.165) is 12.0 Å². The zero-order chi connectivity index (χ0) is 16.6. The molecule has 1 N–H and O–H groups in total. The molecule has 6 nitrogen and oxygen atoms in total. The number of aliphatic hydroxyl groups excluding tert-OH is 1. The quantitative estimate of drug-likeness (QED) is 0.802. The van der Waals surface area contributed by atoms with Crippen LogP contribution in [0.2, 0.25) is 0 Å². The van der Waals surface area contributed by atoms with Gasteiger partial charge >= 0.3 is 0 Å². The minimum Gasteiger partial charge on any atom is -0.485 e. The number of nitrogens with zero attached hydrogens (tertiary/aromatic N) is 4. The van der Waals surface area contributed by atoms with Crippen molar-refractivity contribution in [3.05, 3.63) is 29.3 Å². The van der Waals surface area contributed by atoms with Crippen molar-refractivity contribution in [1.29, 1.82) is 10.5 Å². The maximum absolute atomic E-state index is 10.9. The number of hydrogen-bond donors (Lipinski definition) is 1. The molecular weight excluding hydrogens is 292 g/mol. The number of benzene rings is 1. The van der Waals surface area contributed by atoms with E-state index in [9.17, 15) is 5.11 Å². The summed E-state index contributed by atoms with van der Waals surface area (Å²) in [6.07, 6.45) is 2.64. The first kappa shape index (κ1) is 15.3. The van der Waals surface area contributed by atoms with Crippen LogP contribution >= 0.6 is 0 Å². The Labute approximate surface area is 135 Å². The van der Waals surface area contributed by atoms with E-state index in [1.165, 1.54) is 0 Å². The lowest BCUT2D eigenvalue weighted by Crippen LogP contribution is -2.53. The van der Waals surface area contributed by atoms with Crippen LogP contribution < -0.4 is 4.74 Å². The lowest BCUT2D eigenvalue weighted by atomic mass is 9.85. The number of fused-ring (bicyclic) bond motifs is 1. The largest absolute Gasteiger partial charge is 0.485 e. The molecule has 118 valence electrons. The van der Waals surface area contributed by atoms with E-state index in [-0.39, 0.29) is 6.04 Å². The molecule has 23 heavy (non-hydrogen) atoms. The topological polar surface area (TPSA) is 92.6 Å². The molecule has 2 unspecified atom stereocenters. The molecule has 0 radical (unpaired) electrons. The number of aliphatic imine (C=N–C) groups is 1. The van der Waals surface area contributed by atoms with Gasteiger partial charge in [-0.25, -0.2) is 0 Å². The Balaban J connectivity index is 2.13. The summed E-state index contributed by atoms with van der Waals surface area (Å²) < 4.78 is 5.93. The van der Waals surface area contributed by atoms with E-state index in [0.29, 0.717) is 30.1 Å². The van der Waals surface area contributed by atoms with Crippen LogP contribution in [0.4, 0.5) is 0 Å². The average Bonchev–Trinajstić information content (AvgIpc) is 2.96. The van der Waals surface area contributed by atoms with Gasteiger partial charge in [0, 0.05) is 18.5 Å². The molecule has 0 amide bonds. The number of hydrogen-bond acceptors (Lipinski definition) is 5. The van der Waals surface area contributed by atoms with E-state index in [1.54, 1.807) is 18.2 Å². The van der Waals surface area contributed by atoms with Gasteiger partial charge in [-0.15, -0.1) is 0 Å². The van der Waals surface area contributed by atoms with E-state index in [1.807, 2.05) is 24.9 Å². The lowest BCUT2D eigenvalue weighted by Gasteiger charge is -2.45. The summed E-state index contributed by atoms with van der Waals surface area (Å²) in [5, 5.41) is 28.9. The van der Waals surface area contributed by atoms with Crippen molar-refractivity contribution in [3.63, 3.8) is 0 Å². The molecule has 1 aromatic rings. The first-order valence-corrected chi connectivity index (χ1v) is 7.61. The zero-order valence-corrected chi connectivity index (χ0v) is 13.2. The van der Waals surface area contributed by atoms with Gasteiger partial charge in [0.25, 0.3) is 0 Å². The fraction of sp³-hybridized carbons (Fsp3) is 0.471. The third-order valence-corrected chi connectivity index (χ3v) is 4.49. The van der Waals surface area contributed by atoms with Crippen LogP contribution in [0.1, 0.15) is 43.9 Å². The highest BCUT2D eigenvalue weighted by molar-refractivity contribution is 5.85. The van der Waals surface area contributed by atoms with Crippen molar-refractivity contribution in [2.75, 3.05) is 6.54 Å². The molecule has 0 bridgehead atoms. The molecular formula is C17H18N4O2. The van der Waals surface area contributed by atoms with Gasteiger partial charge in [-0.2, -0.15) is 15.5 Å². The third kappa shape index (κ3) is 2.52. The van der Waals surface area contributed by atoms with Crippen molar-refractivity contribution >= 4 is 5.84 Å². The van der Waals surface area contributed by atoms with E-state index in [4.69, 9.17) is 15.3 Å². The van der Waals surface area contributed by atoms with Crippen LogP contribution in [0.5, 0.6) is 5.75 Å². The summed E-state index contributed by atoms with van der Waals surface area (Å²) in [6, 6.07) is 6.97. The monoisotopic (exact) mass is 310 g/mol. The average molecular weight is 310 g/mol. The fourth-order valence-corrected chi connectivity index (χ4v) is 3.33. The van der Waals surface area contributed by atoms with Crippen molar-refractivity contribution in [2.45, 2.75) is 44.4 Å². The summed E-state index contributed by atoms with van der Waals surface area (Å²) in [6.45, 7) is 4.39. The minimum absolute atomic E-state index is 0.378. The maximum Gasteiger partial charge on any atom is 0.207 e. The van der Waals surface area contributed by atoms with E-state index < -0.39 is 11.7 Å². The van der Waals surface area contributed by atoms with Crippen molar-refractivity contribution in [3.8, 4) is 18.0 Å². The molecule has 1 fully saturated rings. The van der Waals surface area contributed by atoms with Crippen LogP contribution in [0.3, 0.4) is 0 Å². The molecule has 0 spiro atoms. The van der Waals surface area contributed by atoms with Crippen molar-refractivity contribution < 1.29 is 9.84 Å². The Morgan fingerprint density at radius 3 is 2.87 bits per heavy atom. The summed E-state index contributed by atoms with van der Waals surface area (Å²) in [7, 11) is 0. The summed E-state index contributed by atoms with van der Waals surface area (Å²) in [5.41, 5.74) is 0.511. The number of nitriles is 2. The van der Waals surface area contributed by atoms with Crippen LogP contribution in [0.15, 0.2) is 23.2 Å². The fourth-order valence-electron chi connectivity index (χ4n) is 3.33. The lowest BCUT2D eigenvalue weighted by molar-refractivity contribution is -0.0802. The van der Waals surface area contributed by atoms with Crippen LogP contribution in [-0.2, 0) is 0 Å². The highest BCUT2D eigenvalue weighted by Crippen LogP contribution is 2.44. The first-order chi connectivity index (χ1) is 11.0. The van der Waals surface area contributed by atoms with Gasteiger partial charge in [-0.05, 0) is 38.5 Å². The zero-order valence-electron chi connectivity index (χ0n) is 13.2. The minimum atomic E-state index is -0.800. The molecule has 1 saturated heterocycles. The number of ether oxygens (including phenoxy) is 1. The Kier molecular flexibility index (Phi) is 3.71. The molecule has 2 atom stereocenters. The molecule has 1 aromatic carbocycles. The Hall–Kier alpha value is -2.57. The third-order valence-electron chi connectivity index (χ3n) is 4.49. The number of rotatable bonds is 1. The normalized spacial score (nSPS) is 27.0. The second-order valence-corrected chi connectivity index (χ2v) is 6.38. The second-order valence-electron chi connectivity index (χ2n) is 6.38.